The summed E-state index contributed by atoms with van der Waals surface area (Å²) in [6, 6.07) is 5.84. The molecule has 1 atom stereocenters. The number of hydrogen-bond donors (Lipinski definition) is 1. The Bertz CT molecular complexity index is 368. The van der Waals surface area contributed by atoms with Crippen molar-refractivity contribution in [1.29, 1.82) is 0 Å². The van der Waals surface area contributed by atoms with Crippen LogP contribution in [-0.4, -0.2) is 20.4 Å². The predicted octanol–water partition coefficient (Wildman–Crippen LogP) is 1.56. The van der Waals surface area contributed by atoms with E-state index in [2.05, 4.69) is 33.7 Å². The molecule has 1 unspecified atom stereocenters. The molecule has 0 bridgehead atoms. The van der Waals surface area contributed by atoms with E-state index in [9.17, 15) is 0 Å². The molecular weight excluding hydrogens is 176 g/mol. The van der Waals surface area contributed by atoms with Gasteiger partial charge in [0, 0.05) is 30.4 Å². The Hall–Kier alpha value is -1.71. The molecule has 0 saturated heterocycles. The molecule has 1 radical (unpaired) electrons. The molecule has 2 aromatic rings. The van der Waals surface area contributed by atoms with Crippen molar-refractivity contribution < 1.29 is 0 Å². The van der Waals surface area contributed by atoms with Crippen LogP contribution in [0.2, 0.25) is 0 Å². The highest BCUT2D eigenvalue weighted by Crippen LogP contribution is 2.17. The average molecular weight is 187 g/mol. The van der Waals surface area contributed by atoms with E-state index in [0.717, 1.165) is 11.4 Å². The first-order valence-corrected chi connectivity index (χ1v) is 4.48. The van der Waals surface area contributed by atoms with E-state index >= 15 is 0 Å². The number of pyridine rings is 1. The van der Waals surface area contributed by atoms with Crippen LogP contribution in [0.1, 0.15) is 24.2 Å². The molecule has 0 aliphatic rings. The number of aromatic amines is 1. The third-order valence-corrected chi connectivity index (χ3v) is 2.01. The van der Waals surface area contributed by atoms with Crippen LogP contribution in [-0.2, 0) is 0 Å². The van der Waals surface area contributed by atoms with E-state index in [0.29, 0.717) is 0 Å². The summed E-state index contributed by atoms with van der Waals surface area (Å²) in [7, 11) is 0. The zero-order valence-corrected chi connectivity index (χ0v) is 7.88. The van der Waals surface area contributed by atoms with Gasteiger partial charge in [0.1, 0.15) is 0 Å². The molecular formula is C10H11N4. The van der Waals surface area contributed by atoms with Crippen LogP contribution < -0.4 is 0 Å². The molecule has 0 spiro atoms. The predicted molar refractivity (Wildman–Crippen MR) is 52.4 cm³/mol. The lowest BCUT2D eigenvalue weighted by Gasteiger charge is -2.05. The van der Waals surface area contributed by atoms with E-state index in [1.54, 1.807) is 12.4 Å². The molecule has 2 heterocycles. The quantitative estimate of drug-likeness (QED) is 0.793. The normalized spacial score (nSPS) is 12.6. The third-order valence-electron chi connectivity index (χ3n) is 2.01. The van der Waals surface area contributed by atoms with Crippen LogP contribution in [0, 0.1) is 6.42 Å². The van der Waals surface area contributed by atoms with Gasteiger partial charge in [-0.05, 0) is 12.1 Å². The Labute approximate surface area is 82.4 Å². The van der Waals surface area contributed by atoms with Crippen molar-refractivity contribution in [2.24, 2.45) is 0 Å². The summed E-state index contributed by atoms with van der Waals surface area (Å²) in [5.41, 5.74) is 1.89. The number of aromatic nitrogens is 4. The molecule has 4 heteroatoms. The number of nitrogens with zero attached hydrogens (tertiary/aromatic N) is 3. The van der Waals surface area contributed by atoms with Crippen LogP contribution in [0.25, 0.3) is 0 Å². The van der Waals surface area contributed by atoms with Gasteiger partial charge in [-0.25, -0.2) is 0 Å². The fraction of sp³-hybridized carbons (Fsp3) is 0.200. The lowest BCUT2D eigenvalue weighted by atomic mass is 10.0. The van der Waals surface area contributed by atoms with Crippen molar-refractivity contribution in [3.05, 3.63) is 48.4 Å². The van der Waals surface area contributed by atoms with Crippen LogP contribution in [0.5, 0.6) is 0 Å². The smallest absolute Gasteiger partial charge is 0.0859 e. The number of rotatable bonds is 3. The van der Waals surface area contributed by atoms with Gasteiger partial charge in [0.05, 0.1) is 5.69 Å². The van der Waals surface area contributed by atoms with Gasteiger partial charge >= 0.3 is 0 Å². The lowest BCUT2D eigenvalue weighted by molar-refractivity contribution is 0.822. The van der Waals surface area contributed by atoms with E-state index in [1.165, 1.54) is 0 Å². The Morgan fingerprint density at radius 2 is 2.36 bits per heavy atom. The largest absolute Gasteiger partial charge is 0.265 e. The van der Waals surface area contributed by atoms with Crippen molar-refractivity contribution in [2.75, 3.05) is 0 Å². The summed E-state index contributed by atoms with van der Waals surface area (Å²) in [6.07, 6.45) is 5.63. The van der Waals surface area contributed by atoms with Gasteiger partial charge in [-0.15, -0.1) is 5.10 Å². The molecule has 2 rings (SSSR count). The summed E-state index contributed by atoms with van der Waals surface area (Å²) in [4.78, 5) is 4.21. The van der Waals surface area contributed by atoms with Gasteiger partial charge in [0.25, 0.3) is 0 Å². The molecule has 2 aromatic heterocycles. The second-order valence-electron chi connectivity index (χ2n) is 3.11. The van der Waals surface area contributed by atoms with Gasteiger partial charge < -0.3 is 0 Å². The second kappa shape index (κ2) is 4.00. The highest BCUT2D eigenvalue weighted by Gasteiger charge is 2.09. The fourth-order valence-corrected chi connectivity index (χ4v) is 1.25. The molecule has 71 valence electrons. The zero-order chi connectivity index (χ0) is 9.80. The van der Waals surface area contributed by atoms with Crippen LogP contribution in [0.4, 0.5) is 0 Å². The molecule has 0 aliphatic heterocycles. The Kier molecular flexibility index (Phi) is 2.53. The average Bonchev–Trinajstić information content (AvgIpc) is 2.72. The minimum absolute atomic E-state index is 0.226. The first-order valence-electron chi connectivity index (χ1n) is 4.48. The number of H-pyrrole nitrogens is 1. The van der Waals surface area contributed by atoms with Crippen LogP contribution >= 0.6 is 0 Å². The molecule has 0 amide bonds. The maximum atomic E-state index is 4.21. The fourth-order valence-electron chi connectivity index (χ4n) is 1.25. The highest BCUT2D eigenvalue weighted by atomic mass is 15.3. The molecule has 0 aromatic carbocycles. The molecule has 1 N–H and O–H groups in total. The highest BCUT2D eigenvalue weighted by molar-refractivity contribution is 5.20. The maximum absolute atomic E-state index is 4.21. The minimum Gasteiger partial charge on any atom is -0.265 e. The summed E-state index contributed by atoms with van der Waals surface area (Å²) in [5, 5.41) is 10.3. The lowest BCUT2D eigenvalue weighted by Crippen LogP contribution is -1.97. The summed E-state index contributed by atoms with van der Waals surface area (Å²) >= 11 is 0. The van der Waals surface area contributed by atoms with Crippen LogP contribution in [0.3, 0.4) is 0 Å². The molecule has 14 heavy (non-hydrogen) atoms. The van der Waals surface area contributed by atoms with Gasteiger partial charge in [-0.2, -0.15) is 0 Å². The molecule has 0 saturated carbocycles. The van der Waals surface area contributed by atoms with Crippen molar-refractivity contribution in [3.8, 4) is 0 Å². The summed E-state index contributed by atoms with van der Waals surface area (Å²) in [6.45, 7) is 2.06. The zero-order valence-electron chi connectivity index (χ0n) is 7.88. The van der Waals surface area contributed by atoms with E-state index in [1.807, 2.05) is 18.2 Å². The van der Waals surface area contributed by atoms with Gasteiger partial charge in [-0.1, -0.05) is 18.2 Å². The van der Waals surface area contributed by atoms with E-state index in [4.69, 9.17) is 0 Å². The third kappa shape index (κ3) is 1.96. The Balaban J connectivity index is 2.06. The molecule has 0 aliphatic carbocycles. The summed E-state index contributed by atoms with van der Waals surface area (Å²) in [5.74, 6) is 0.226. The number of hydrogen-bond acceptors (Lipinski definition) is 3. The molecule has 0 fully saturated rings. The topological polar surface area (TPSA) is 54.5 Å². The van der Waals surface area contributed by atoms with Gasteiger partial charge in [0.15, 0.2) is 0 Å². The SMILES string of the molecule is CC([CH]c1ccccn1)c1c[nH]nn1. The van der Waals surface area contributed by atoms with Crippen molar-refractivity contribution in [3.63, 3.8) is 0 Å². The number of nitrogens with one attached hydrogen (secondary N) is 1. The molecule has 4 nitrogen and oxygen atoms in total. The van der Waals surface area contributed by atoms with Gasteiger partial charge in [-0.3, -0.25) is 10.1 Å². The van der Waals surface area contributed by atoms with E-state index < -0.39 is 0 Å². The Morgan fingerprint density at radius 3 is 3.00 bits per heavy atom. The van der Waals surface area contributed by atoms with Crippen molar-refractivity contribution >= 4 is 0 Å². The van der Waals surface area contributed by atoms with Crippen LogP contribution in [0.15, 0.2) is 30.6 Å². The standard InChI is InChI=1S/C10H11N4/c1-8(10-7-12-14-13-10)6-9-4-2-3-5-11-9/h2-8H,1H3,(H,12,13,14). The minimum atomic E-state index is 0.226. The summed E-state index contributed by atoms with van der Waals surface area (Å²) < 4.78 is 0. The van der Waals surface area contributed by atoms with E-state index in [-0.39, 0.29) is 5.92 Å². The maximum Gasteiger partial charge on any atom is 0.0859 e. The first kappa shape index (κ1) is 8.87. The Morgan fingerprint density at radius 1 is 1.43 bits per heavy atom. The second-order valence-corrected chi connectivity index (χ2v) is 3.11. The van der Waals surface area contributed by atoms with Gasteiger partial charge in [0.2, 0.25) is 0 Å². The first-order chi connectivity index (χ1) is 6.86. The van der Waals surface area contributed by atoms with Crippen molar-refractivity contribution in [2.45, 2.75) is 12.8 Å². The van der Waals surface area contributed by atoms with Crippen molar-refractivity contribution in [1.82, 2.24) is 20.4 Å². The monoisotopic (exact) mass is 187 g/mol.